The van der Waals surface area contributed by atoms with Crippen LogP contribution in [-0.4, -0.2) is 39.8 Å². The molecule has 172 valence electrons. The highest BCUT2D eigenvalue weighted by atomic mass is 16.5. The number of para-hydroxylation sites is 1. The van der Waals surface area contributed by atoms with E-state index in [4.69, 9.17) is 14.6 Å². The minimum absolute atomic E-state index is 0.110. The molecule has 1 amide bonds. The van der Waals surface area contributed by atoms with Crippen molar-refractivity contribution in [2.75, 3.05) is 13.2 Å². The van der Waals surface area contributed by atoms with Crippen molar-refractivity contribution in [3.05, 3.63) is 71.4 Å². The molecule has 0 unspecified atom stereocenters. The SMILES string of the molecule is Cc1cccc(Oc2c(CN(C[C@H]3CCCO3)C(=O)C3CC3)c(C)nn2-c2ccccc2)c1. The number of aryl methyl sites for hydroxylation is 2. The molecule has 3 aromatic rings. The molecule has 1 saturated heterocycles. The first-order valence-corrected chi connectivity index (χ1v) is 11.9. The van der Waals surface area contributed by atoms with Crippen molar-refractivity contribution < 1.29 is 14.3 Å². The highest BCUT2D eigenvalue weighted by Gasteiger charge is 2.36. The van der Waals surface area contributed by atoms with Gasteiger partial charge in [0.25, 0.3) is 0 Å². The van der Waals surface area contributed by atoms with Crippen molar-refractivity contribution in [1.29, 1.82) is 0 Å². The van der Waals surface area contributed by atoms with E-state index in [2.05, 4.69) is 0 Å². The summed E-state index contributed by atoms with van der Waals surface area (Å²) in [6.45, 7) is 5.90. The lowest BCUT2D eigenvalue weighted by atomic mass is 10.1. The Kier molecular flexibility index (Phi) is 6.18. The molecule has 1 aliphatic carbocycles. The van der Waals surface area contributed by atoms with E-state index in [1.165, 1.54) is 0 Å². The van der Waals surface area contributed by atoms with Crippen molar-refractivity contribution in [3.8, 4) is 17.3 Å². The smallest absolute Gasteiger partial charge is 0.227 e. The van der Waals surface area contributed by atoms with Gasteiger partial charge in [0.15, 0.2) is 0 Å². The number of hydrogen-bond donors (Lipinski definition) is 0. The largest absolute Gasteiger partial charge is 0.439 e. The van der Waals surface area contributed by atoms with Crippen LogP contribution in [0.25, 0.3) is 5.69 Å². The van der Waals surface area contributed by atoms with Crippen LogP contribution in [0.15, 0.2) is 54.6 Å². The monoisotopic (exact) mass is 445 g/mol. The van der Waals surface area contributed by atoms with Gasteiger partial charge in [-0.1, -0.05) is 30.3 Å². The molecule has 6 nitrogen and oxygen atoms in total. The molecule has 33 heavy (non-hydrogen) atoms. The van der Waals surface area contributed by atoms with Crippen LogP contribution >= 0.6 is 0 Å². The predicted octanol–water partition coefficient (Wildman–Crippen LogP) is 5.20. The molecule has 1 aliphatic heterocycles. The summed E-state index contributed by atoms with van der Waals surface area (Å²) in [5.74, 6) is 1.79. The first-order chi connectivity index (χ1) is 16.1. The Hall–Kier alpha value is -3.12. The van der Waals surface area contributed by atoms with E-state index in [0.29, 0.717) is 19.0 Å². The lowest BCUT2D eigenvalue weighted by molar-refractivity contribution is -0.134. The van der Waals surface area contributed by atoms with Crippen molar-refractivity contribution >= 4 is 5.91 Å². The lowest BCUT2D eigenvalue weighted by Crippen LogP contribution is -2.38. The van der Waals surface area contributed by atoms with Gasteiger partial charge in [0.2, 0.25) is 11.8 Å². The van der Waals surface area contributed by atoms with Gasteiger partial charge in [-0.05, 0) is 69.4 Å². The van der Waals surface area contributed by atoms with Crippen LogP contribution in [0.1, 0.15) is 42.5 Å². The lowest BCUT2D eigenvalue weighted by Gasteiger charge is -2.26. The Labute approximate surface area is 195 Å². The van der Waals surface area contributed by atoms with Crippen LogP contribution in [0.3, 0.4) is 0 Å². The summed E-state index contributed by atoms with van der Waals surface area (Å²) in [5, 5.41) is 4.83. The molecule has 0 N–H and O–H groups in total. The minimum Gasteiger partial charge on any atom is -0.439 e. The summed E-state index contributed by atoms with van der Waals surface area (Å²) in [7, 11) is 0. The second kappa shape index (κ2) is 9.40. The Balaban J connectivity index is 1.51. The van der Waals surface area contributed by atoms with Crippen LogP contribution in [0.2, 0.25) is 0 Å². The number of benzene rings is 2. The maximum atomic E-state index is 13.2. The molecular weight excluding hydrogens is 414 g/mol. The first kappa shape index (κ1) is 21.7. The zero-order valence-electron chi connectivity index (χ0n) is 19.4. The highest BCUT2D eigenvalue weighted by molar-refractivity contribution is 5.81. The zero-order chi connectivity index (χ0) is 22.8. The van der Waals surface area contributed by atoms with Gasteiger partial charge in [0.05, 0.1) is 29.6 Å². The van der Waals surface area contributed by atoms with Crippen molar-refractivity contribution in [2.45, 2.75) is 52.2 Å². The number of ether oxygens (including phenoxy) is 2. The average Bonchev–Trinajstić information content (AvgIpc) is 3.47. The molecule has 1 aromatic heterocycles. The maximum Gasteiger partial charge on any atom is 0.227 e. The molecule has 0 spiro atoms. The van der Waals surface area contributed by atoms with Gasteiger partial charge in [0, 0.05) is 19.1 Å². The third kappa shape index (κ3) is 4.96. The van der Waals surface area contributed by atoms with Gasteiger partial charge in [0.1, 0.15) is 5.75 Å². The average molecular weight is 446 g/mol. The molecule has 0 radical (unpaired) electrons. The third-order valence-electron chi connectivity index (χ3n) is 6.38. The third-order valence-corrected chi connectivity index (χ3v) is 6.38. The minimum atomic E-state index is 0.110. The van der Waals surface area contributed by atoms with Crippen LogP contribution in [0, 0.1) is 19.8 Å². The second-order valence-electron chi connectivity index (χ2n) is 9.16. The van der Waals surface area contributed by atoms with E-state index in [9.17, 15) is 4.79 Å². The summed E-state index contributed by atoms with van der Waals surface area (Å²) in [6, 6.07) is 18.0. The molecule has 6 heteroatoms. The molecule has 0 bridgehead atoms. The van der Waals surface area contributed by atoms with E-state index < -0.39 is 0 Å². The van der Waals surface area contributed by atoms with Gasteiger partial charge in [-0.15, -0.1) is 0 Å². The molecular formula is C27H31N3O3. The fourth-order valence-corrected chi connectivity index (χ4v) is 4.41. The Morgan fingerprint density at radius 3 is 2.64 bits per heavy atom. The predicted molar refractivity (Wildman–Crippen MR) is 127 cm³/mol. The van der Waals surface area contributed by atoms with Crippen molar-refractivity contribution in [1.82, 2.24) is 14.7 Å². The topological polar surface area (TPSA) is 56.6 Å². The number of aromatic nitrogens is 2. The number of carbonyl (C=O) groups excluding carboxylic acids is 1. The summed E-state index contributed by atoms with van der Waals surface area (Å²) < 4.78 is 14.2. The molecule has 2 fully saturated rings. The van der Waals surface area contributed by atoms with Crippen LogP contribution < -0.4 is 4.74 Å². The van der Waals surface area contributed by atoms with Gasteiger partial charge < -0.3 is 14.4 Å². The number of carbonyl (C=O) groups is 1. The summed E-state index contributed by atoms with van der Waals surface area (Å²) in [6.07, 6.45) is 4.14. The van der Waals surface area contributed by atoms with E-state index in [1.807, 2.05) is 78.0 Å². The van der Waals surface area contributed by atoms with E-state index >= 15 is 0 Å². The molecule has 2 heterocycles. The van der Waals surface area contributed by atoms with Crippen molar-refractivity contribution in [2.24, 2.45) is 5.92 Å². The van der Waals surface area contributed by atoms with Crippen LogP contribution in [-0.2, 0) is 16.1 Å². The summed E-state index contributed by atoms with van der Waals surface area (Å²) in [4.78, 5) is 15.2. The standard InChI is InChI=1S/C27H31N3O3/c1-19-8-6-11-23(16-19)33-27-25(20(2)28-30(27)22-9-4-3-5-10-22)18-29(26(31)21-13-14-21)17-24-12-7-15-32-24/h3-6,8-11,16,21,24H,7,12-15,17-18H2,1-2H3/t24-/m1/s1. The van der Waals surface area contributed by atoms with Crippen LogP contribution in [0.4, 0.5) is 0 Å². The van der Waals surface area contributed by atoms with E-state index in [0.717, 1.165) is 60.5 Å². The van der Waals surface area contributed by atoms with E-state index in [-0.39, 0.29) is 17.9 Å². The fourth-order valence-electron chi connectivity index (χ4n) is 4.41. The number of nitrogens with zero attached hydrogens (tertiary/aromatic N) is 3. The normalized spacial score (nSPS) is 17.8. The van der Waals surface area contributed by atoms with Gasteiger partial charge in [-0.3, -0.25) is 4.79 Å². The summed E-state index contributed by atoms with van der Waals surface area (Å²) in [5.41, 5.74) is 3.85. The highest BCUT2D eigenvalue weighted by Crippen LogP contribution is 2.35. The second-order valence-corrected chi connectivity index (χ2v) is 9.16. The molecule has 1 saturated carbocycles. The van der Waals surface area contributed by atoms with Gasteiger partial charge in [-0.2, -0.15) is 5.10 Å². The number of amides is 1. The zero-order valence-corrected chi connectivity index (χ0v) is 19.4. The Bertz CT molecular complexity index is 1110. The quantitative estimate of drug-likeness (QED) is 0.478. The number of rotatable bonds is 8. The van der Waals surface area contributed by atoms with E-state index in [1.54, 1.807) is 0 Å². The molecule has 2 aliphatic rings. The Morgan fingerprint density at radius 2 is 1.94 bits per heavy atom. The Morgan fingerprint density at radius 1 is 1.12 bits per heavy atom. The summed E-state index contributed by atoms with van der Waals surface area (Å²) >= 11 is 0. The van der Waals surface area contributed by atoms with Gasteiger partial charge in [-0.25, -0.2) is 4.68 Å². The molecule has 5 rings (SSSR count). The van der Waals surface area contributed by atoms with Gasteiger partial charge >= 0.3 is 0 Å². The molecule has 1 atom stereocenters. The maximum absolute atomic E-state index is 13.2. The first-order valence-electron chi connectivity index (χ1n) is 11.9. The van der Waals surface area contributed by atoms with Crippen molar-refractivity contribution in [3.63, 3.8) is 0 Å². The number of hydrogen-bond acceptors (Lipinski definition) is 4. The van der Waals surface area contributed by atoms with Crippen LogP contribution in [0.5, 0.6) is 11.6 Å². The molecule has 2 aromatic carbocycles. The fraction of sp³-hybridized carbons (Fsp3) is 0.407.